The number of hydrogen-bond donors (Lipinski definition) is 2. The van der Waals surface area contributed by atoms with Crippen molar-refractivity contribution in [2.75, 3.05) is 69.7 Å². The highest BCUT2D eigenvalue weighted by Crippen LogP contribution is 2.32. The molecule has 3 fully saturated rings. The molecule has 0 bridgehead atoms. The largest absolute Gasteiger partial charge is 0.492 e. The number of piperidine rings is 2. The van der Waals surface area contributed by atoms with Crippen molar-refractivity contribution in [1.82, 2.24) is 29.4 Å². The van der Waals surface area contributed by atoms with Crippen molar-refractivity contribution >= 4 is 56.7 Å². The predicted octanol–water partition coefficient (Wildman–Crippen LogP) is 2.96. The quantitative estimate of drug-likeness (QED) is 0.241. The molecule has 0 radical (unpaired) electrons. The molecule has 2 aromatic carbocycles. The summed E-state index contributed by atoms with van der Waals surface area (Å²) in [5.74, 6) is -0.308. The third-order valence-corrected chi connectivity index (χ3v) is 11.6. The lowest BCUT2D eigenvalue weighted by Gasteiger charge is -2.36. The second-order valence-corrected chi connectivity index (χ2v) is 15.2. The van der Waals surface area contributed by atoms with Crippen molar-refractivity contribution in [3.05, 3.63) is 98.4 Å². The van der Waals surface area contributed by atoms with Gasteiger partial charge in [0.2, 0.25) is 11.8 Å². The van der Waals surface area contributed by atoms with Gasteiger partial charge in [-0.3, -0.25) is 43.5 Å². The summed E-state index contributed by atoms with van der Waals surface area (Å²) in [5, 5.41) is 5.76. The first-order valence-electron chi connectivity index (χ1n) is 18.3. The molecule has 280 valence electrons. The molecule has 3 saturated heterocycles. The number of nitrogens with zero attached hydrogens (tertiary/aromatic N) is 6. The highest BCUT2D eigenvalue weighted by Gasteiger charge is 2.44. The van der Waals surface area contributed by atoms with Crippen molar-refractivity contribution in [3.8, 4) is 5.75 Å². The van der Waals surface area contributed by atoms with Crippen LogP contribution in [0.1, 0.15) is 51.5 Å². The normalized spacial score (nSPS) is 22.4. The van der Waals surface area contributed by atoms with Crippen LogP contribution in [0.2, 0.25) is 0 Å². The summed E-state index contributed by atoms with van der Waals surface area (Å²) in [6, 6.07) is 18.3. The molecule has 3 atom stereocenters. The van der Waals surface area contributed by atoms with E-state index in [1.54, 1.807) is 18.3 Å². The van der Waals surface area contributed by atoms with E-state index in [0.29, 0.717) is 34.0 Å². The summed E-state index contributed by atoms with van der Waals surface area (Å²) in [6.07, 6.45) is 2.84. The van der Waals surface area contributed by atoms with Gasteiger partial charge < -0.3 is 19.9 Å². The SMILES string of the molecule is CN1C[C@H](Nc2nc3ccccn3c(=O)c2Br)C[C@H](c2ccc(OCCN3CCN(c4ccc5c(c4)C(=O)N(C4CCC(=O)NC4=O)C5=O)CC3)cc2)C1. The number of imide groups is 2. The molecule has 4 amide bonds. The number of pyridine rings is 1. The van der Waals surface area contributed by atoms with E-state index in [9.17, 15) is 24.0 Å². The number of hydrogen-bond acceptors (Lipinski definition) is 11. The van der Waals surface area contributed by atoms with Crippen molar-refractivity contribution in [2.24, 2.45) is 0 Å². The highest BCUT2D eigenvalue weighted by molar-refractivity contribution is 9.10. The Kier molecular flexibility index (Phi) is 9.94. The molecule has 4 aliphatic rings. The van der Waals surface area contributed by atoms with E-state index in [4.69, 9.17) is 9.72 Å². The van der Waals surface area contributed by atoms with Crippen molar-refractivity contribution < 1.29 is 23.9 Å². The maximum Gasteiger partial charge on any atom is 0.274 e. The number of halogens is 1. The van der Waals surface area contributed by atoms with Crippen molar-refractivity contribution in [1.29, 1.82) is 0 Å². The molecule has 15 heteroatoms. The van der Waals surface area contributed by atoms with Gasteiger partial charge in [0.25, 0.3) is 17.4 Å². The van der Waals surface area contributed by atoms with Crippen LogP contribution in [0, 0.1) is 0 Å². The van der Waals surface area contributed by atoms with Gasteiger partial charge in [-0.25, -0.2) is 4.98 Å². The summed E-state index contributed by atoms with van der Waals surface area (Å²) in [4.78, 5) is 75.8. The summed E-state index contributed by atoms with van der Waals surface area (Å²) in [6.45, 7) is 6.24. The summed E-state index contributed by atoms with van der Waals surface area (Å²) >= 11 is 3.47. The Bertz CT molecular complexity index is 2190. The Morgan fingerprint density at radius 3 is 2.48 bits per heavy atom. The van der Waals surface area contributed by atoms with E-state index in [1.807, 2.05) is 36.4 Å². The second-order valence-electron chi connectivity index (χ2n) is 14.4. The van der Waals surface area contributed by atoms with E-state index in [2.05, 4.69) is 60.4 Å². The van der Waals surface area contributed by atoms with Crippen LogP contribution in [0.15, 0.2) is 76.1 Å². The summed E-state index contributed by atoms with van der Waals surface area (Å²) < 4.78 is 8.10. The molecule has 8 rings (SSSR count). The Hall–Kier alpha value is -5.12. The molecule has 0 aliphatic carbocycles. The number of aromatic nitrogens is 2. The molecule has 4 aromatic rings. The highest BCUT2D eigenvalue weighted by atomic mass is 79.9. The number of fused-ring (bicyclic) bond motifs is 2. The zero-order chi connectivity index (χ0) is 37.5. The molecule has 6 heterocycles. The molecular weight excluding hydrogens is 756 g/mol. The zero-order valence-electron chi connectivity index (χ0n) is 29.9. The van der Waals surface area contributed by atoms with Crippen LogP contribution in [0.3, 0.4) is 0 Å². The van der Waals surface area contributed by atoms with Crippen molar-refractivity contribution in [2.45, 2.75) is 37.3 Å². The smallest absolute Gasteiger partial charge is 0.274 e. The van der Waals surface area contributed by atoms with Crippen LogP contribution < -0.4 is 25.8 Å². The lowest BCUT2D eigenvalue weighted by atomic mass is 9.88. The van der Waals surface area contributed by atoms with Crippen LogP contribution in [0.5, 0.6) is 5.75 Å². The lowest BCUT2D eigenvalue weighted by molar-refractivity contribution is -0.136. The fourth-order valence-corrected chi connectivity index (χ4v) is 8.43. The third kappa shape index (κ3) is 7.10. The monoisotopic (exact) mass is 796 g/mol. The van der Waals surface area contributed by atoms with Gasteiger partial charge in [-0.15, -0.1) is 0 Å². The molecule has 1 unspecified atom stereocenters. The number of likely N-dealkylation sites (tertiary alicyclic amines) is 1. The maximum atomic E-state index is 13.3. The van der Waals surface area contributed by atoms with Gasteiger partial charge >= 0.3 is 0 Å². The van der Waals surface area contributed by atoms with E-state index in [1.165, 1.54) is 9.96 Å². The maximum absolute atomic E-state index is 13.3. The number of benzene rings is 2. The van der Waals surface area contributed by atoms with Crippen LogP contribution in [0.4, 0.5) is 11.5 Å². The second kappa shape index (κ2) is 15.0. The van der Waals surface area contributed by atoms with Gasteiger partial charge in [0.05, 0.1) is 11.1 Å². The summed E-state index contributed by atoms with van der Waals surface area (Å²) in [5.41, 5.74) is 3.13. The third-order valence-electron chi connectivity index (χ3n) is 10.8. The van der Waals surface area contributed by atoms with Gasteiger partial charge in [0, 0.05) is 70.2 Å². The van der Waals surface area contributed by atoms with Crippen molar-refractivity contribution in [3.63, 3.8) is 0 Å². The van der Waals surface area contributed by atoms with Crippen LogP contribution in [-0.2, 0) is 9.59 Å². The Balaban J connectivity index is 0.812. The molecule has 54 heavy (non-hydrogen) atoms. The average molecular weight is 798 g/mol. The minimum Gasteiger partial charge on any atom is -0.492 e. The summed E-state index contributed by atoms with van der Waals surface area (Å²) in [7, 11) is 2.11. The average Bonchev–Trinajstić information content (AvgIpc) is 3.42. The van der Waals surface area contributed by atoms with Gasteiger partial charge in [0.1, 0.15) is 34.3 Å². The minimum atomic E-state index is -0.977. The number of carbonyl (C=O) groups is 4. The van der Waals surface area contributed by atoms with Gasteiger partial charge in [0.15, 0.2) is 0 Å². The fraction of sp³-hybridized carbons (Fsp3) is 0.385. The van der Waals surface area contributed by atoms with E-state index in [0.717, 1.165) is 68.6 Å². The topological polar surface area (TPSA) is 149 Å². The first kappa shape index (κ1) is 35.9. The van der Waals surface area contributed by atoms with E-state index in [-0.39, 0.29) is 30.0 Å². The number of piperazine rings is 1. The first-order chi connectivity index (χ1) is 26.1. The molecule has 4 aliphatic heterocycles. The van der Waals surface area contributed by atoms with E-state index < -0.39 is 29.7 Å². The number of rotatable bonds is 9. The first-order valence-corrected chi connectivity index (χ1v) is 19.1. The molecule has 2 aromatic heterocycles. The van der Waals surface area contributed by atoms with Crippen LogP contribution >= 0.6 is 15.9 Å². The molecule has 0 spiro atoms. The standard InChI is InChI=1S/C39H41BrN8O6/c1-44-22-25(20-26(23-44)41-35-34(40)39(53)47-13-3-2-4-32(47)42-35)24-5-8-28(9-6-24)54-19-18-45-14-16-46(17-15-45)27-7-10-29-30(21-27)38(52)48(37(29)51)31-11-12-33(49)43-36(31)50/h2-10,13,21,25-26,31,41H,11-12,14-20,22-23H2,1H3,(H,43,49,50)/t25-,26+,31?/m0/s1. The van der Waals surface area contributed by atoms with Crippen LogP contribution in [0.25, 0.3) is 5.65 Å². The van der Waals surface area contributed by atoms with Gasteiger partial charge in [-0.05, 0) is 89.8 Å². The van der Waals surface area contributed by atoms with E-state index >= 15 is 0 Å². The Morgan fingerprint density at radius 2 is 1.70 bits per heavy atom. The molecular formula is C39H41BrN8O6. The number of ether oxygens (including phenoxy) is 1. The molecule has 14 nitrogen and oxygen atoms in total. The van der Waals surface area contributed by atoms with Gasteiger partial charge in [-0.2, -0.15) is 0 Å². The fourth-order valence-electron chi connectivity index (χ4n) is 8.04. The van der Waals surface area contributed by atoms with Gasteiger partial charge in [-0.1, -0.05) is 18.2 Å². The number of likely N-dealkylation sites (N-methyl/N-ethyl adjacent to an activating group) is 1. The molecule has 2 N–H and O–H groups in total. The minimum absolute atomic E-state index is 0.0886. The molecule has 0 saturated carbocycles. The number of carbonyl (C=O) groups excluding carboxylic acids is 4. The number of anilines is 2. The lowest BCUT2D eigenvalue weighted by Crippen LogP contribution is -2.54. The predicted molar refractivity (Wildman–Crippen MR) is 205 cm³/mol. The Morgan fingerprint density at radius 1 is 0.926 bits per heavy atom. The number of amides is 4. The zero-order valence-corrected chi connectivity index (χ0v) is 31.5. The van der Waals surface area contributed by atoms with Crippen LogP contribution in [-0.4, -0.2) is 119 Å². The number of nitrogens with one attached hydrogen (secondary N) is 2. The Labute approximate surface area is 320 Å².